The lowest BCUT2D eigenvalue weighted by atomic mass is 9.33. The van der Waals surface area contributed by atoms with Crippen molar-refractivity contribution < 1.29 is 12.3 Å². The summed E-state index contributed by atoms with van der Waals surface area (Å²) in [4.78, 5) is 3.99. The second kappa shape index (κ2) is 15.2. The van der Waals surface area contributed by atoms with E-state index in [4.69, 9.17) is 8.22 Å². The van der Waals surface area contributed by atoms with Gasteiger partial charge in [0.1, 0.15) is 0 Å². The molecular weight excluding hydrogens is 776 g/mol. The van der Waals surface area contributed by atoms with Crippen molar-refractivity contribution in [2.75, 3.05) is 9.80 Å². The van der Waals surface area contributed by atoms with Crippen LogP contribution in [0.2, 0.25) is 0 Å². The van der Waals surface area contributed by atoms with Crippen molar-refractivity contribution in [3.63, 3.8) is 0 Å². The fourth-order valence-electron chi connectivity index (χ4n) is 10.1. The van der Waals surface area contributed by atoms with Gasteiger partial charge in [-0.3, -0.25) is 0 Å². The van der Waals surface area contributed by atoms with E-state index in [0.29, 0.717) is 22.7 Å². The van der Waals surface area contributed by atoms with Crippen molar-refractivity contribution in [2.45, 2.75) is 72.9 Å². The molecule has 0 bridgehead atoms. The summed E-state index contributed by atoms with van der Waals surface area (Å²) in [6.07, 6.45) is 0. The van der Waals surface area contributed by atoms with Crippen LogP contribution in [0.4, 0.5) is 34.1 Å². The molecule has 0 unspecified atom stereocenters. The molecule has 0 atom stereocenters. The van der Waals surface area contributed by atoms with Gasteiger partial charge in [-0.15, -0.1) is 0 Å². The minimum absolute atomic E-state index is 0.0530. The van der Waals surface area contributed by atoms with Crippen molar-refractivity contribution in [1.82, 2.24) is 0 Å². The molecule has 0 fully saturated rings. The Morgan fingerprint density at radius 3 is 1.51 bits per heavy atom. The van der Waals surface area contributed by atoms with Crippen LogP contribution in [0.3, 0.4) is 0 Å². The summed E-state index contributed by atoms with van der Waals surface area (Å²) in [6.45, 7) is 4.73. The summed E-state index contributed by atoms with van der Waals surface area (Å²) in [5, 5.41) is 4.06. The number of aryl methyl sites for hydroxylation is 3. The van der Waals surface area contributed by atoms with Crippen LogP contribution in [0.5, 0.6) is 0 Å². The first kappa shape index (κ1) is 31.5. The fraction of sp³-hybridized carbons (Fsp3) is 0.186. The van der Waals surface area contributed by atoms with E-state index in [2.05, 4.69) is 125 Å². The van der Waals surface area contributed by atoms with Gasteiger partial charge in [-0.25, -0.2) is 0 Å². The van der Waals surface area contributed by atoms with Crippen LogP contribution in [0.1, 0.15) is 81.7 Å². The Bertz CT molecular complexity index is 3240. The lowest BCUT2D eigenvalue weighted by Gasteiger charge is -2.45. The molecule has 0 aromatic heterocycles. The molecule has 0 aliphatic carbocycles. The smallest absolute Gasteiger partial charge is 0.252 e. The molecular formula is C59H57BN2Si. The minimum Gasteiger partial charge on any atom is -0.311 e. The van der Waals surface area contributed by atoms with Crippen molar-refractivity contribution in [2.24, 2.45) is 0 Å². The first-order chi connectivity index (χ1) is 33.9. The first-order valence-corrected chi connectivity index (χ1v) is 23.9. The number of nitrogens with zero attached hydrogens (tertiary/aromatic N) is 2. The van der Waals surface area contributed by atoms with Gasteiger partial charge >= 0.3 is 0 Å². The largest absolute Gasteiger partial charge is 0.311 e. The highest BCUT2D eigenvalue weighted by molar-refractivity contribution is 7.19. The van der Waals surface area contributed by atoms with Crippen molar-refractivity contribution >= 4 is 86.0 Å². The molecule has 0 saturated heterocycles. The molecule has 310 valence electrons. The third kappa shape index (κ3) is 6.70. The second-order valence-electron chi connectivity index (χ2n) is 19.2. The van der Waals surface area contributed by atoms with Gasteiger partial charge in [-0.2, -0.15) is 0 Å². The van der Waals surface area contributed by atoms with Gasteiger partial charge in [0.25, 0.3) is 6.71 Å². The highest BCUT2D eigenvalue weighted by atomic mass is 28.3. The van der Waals surface area contributed by atoms with Crippen LogP contribution in [0, 0.1) is 20.6 Å². The lowest BCUT2D eigenvalue weighted by molar-refractivity contribution is 0.590. The first-order valence-electron chi connectivity index (χ1n) is 26.4. The van der Waals surface area contributed by atoms with Crippen LogP contribution in [-0.4, -0.2) is 14.8 Å². The fourth-order valence-corrected chi connectivity index (χ4v) is 14.9. The predicted octanol–water partition coefficient (Wildman–Crippen LogP) is 10.7. The Balaban J connectivity index is 1.33. The monoisotopic (exact) mass is 841 g/mol. The van der Waals surface area contributed by atoms with E-state index in [9.17, 15) is 4.11 Å². The molecule has 0 spiro atoms. The molecule has 0 amide bonds. The molecule has 2 nitrogen and oxygen atoms in total. The number of hydrogen-bond donors (Lipinski definition) is 0. The summed E-state index contributed by atoms with van der Waals surface area (Å²) in [6, 6.07) is 60.2. The van der Waals surface area contributed by atoms with E-state index < -0.39 is 35.3 Å². The number of fused-ring (bicyclic) bond motifs is 4. The zero-order valence-corrected chi connectivity index (χ0v) is 37.8. The van der Waals surface area contributed by atoms with Crippen molar-refractivity contribution in [3.05, 3.63) is 210 Å². The van der Waals surface area contributed by atoms with E-state index >= 15 is 0 Å². The topological polar surface area (TPSA) is 6.48 Å². The Hall–Kier alpha value is -6.36. The summed E-state index contributed by atoms with van der Waals surface area (Å²) in [5.41, 5.74) is 8.21. The zero-order valence-electron chi connectivity index (χ0n) is 45.8. The normalized spacial score (nSPS) is 16.1. The van der Waals surface area contributed by atoms with Crippen LogP contribution < -0.4 is 46.9 Å². The Labute approximate surface area is 389 Å². The average molecular weight is 842 g/mol. The highest BCUT2D eigenvalue weighted by Crippen LogP contribution is 2.46. The summed E-state index contributed by atoms with van der Waals surface area (Å²) >= 11 is 0. The molecule has 8 aromatic carbocycles. The van der Waals surface area contributed by atoms with Gasteiger partial charge in [0, 0.05) is 46.5 Å². The Morgan fingerprint density at radius 2 is 0.952 bits per heavy atom. The maximum atomic E-state index is 9.45. The quantitative estimate of drug-likeness (QED) is 0.122. The molecule has 10 rings (SSSR count). The number of rotatable bonds is 6. The zero-order chi connectivity index (χ0) is 51.3. The third-order valence-corrected chi connectivity index (χ3v) is 18.0. The molecule has 4 heteroatoms. The van der Waals surface area contributed by atoms with Gasteiger partial charge in [-0.05, 0) is 139 Å². The Kier molecular flexibility index (Phi) is 7.58. The number of hydrogen-bond acceptors (Lipinski definition) is 2. The van der Waals surface area contributed by atoms with E-state index in [0.717, 1.165) is 59.6 Å². The number of benzene rings is 8. The van der Waals surface area contributed by atoms with Crippen LogP contribution in [0.15, 0.2) is 182 Å². The predicted molar refractivity (Wildman–Crippen MR) is 276 cm³/mol. The van der Waals surface area contributed by atoms with Crippen LogP contribution >= 0.6 is 0 Å². The standard InChI is InChI=1S/C59H57BN2Si/c1-40-25-32-50-54(35-40)62(52-34-31-49(38-42(52)3)63(46-19-13-10-14-20-46,47-21-15-11-16-22-47)48-23-17-12-18-24-48)56-37-41(2)36-55-57(56)60(50)51-39-44(59(7,8)9)28-33-53(51)61(55)45-29-26-43(27-30-45)58(4,5)6/h10-39H,1-9H3/i1D3,2D3,3D3. The van der Waals surface area contributed by atoms with Crippen molar-refractivity contribution in [3.8, 4) is 0 Å². The maximum Gasteiger partial charge on any atom is 0.252 e. The average Bonchev–Trinajstić information content (AvgIpc) is 3.33. The van der Waals surface area contributed by atoms with Crippen molar-refractivity contribution in [1.29, 1.82) is 0 Å². The lowest BCUT2D eigenvalue weighted by Crippen LogP contribution is -2.74. The van der Waals surface area contributed by atoms with E-state index in [1.165, 1.54) is 0 Å². The molecule has 0 saturated carbocycles. The van der Waals surface area contributed by atoms with Crippen LogP contribution in [0.25, 0.3) is 0 Å². The second-order valence-corrected chi connectivity index (χ2v) is 23.0. The van der Waals surface area contributed by atoms with Gasteiger partial charge in [0.05, 0.1) is 0 Å². The summed E-state index contributed by atoms with van der Waals surface area (Å²) < 4.78 is 81.4. The maximum absolute atomic E-state index is 9.45. The summed E-state index contributed by atoms with van der Waals surface area (Å²) in [5.74, 6) is 0. The molecule has 0 radical (unpaired) electrons. The molecule has 8 aromatic rings. The van der Waals surface area contributed by atoms with Crippen LogP contribution in [-0.2, 0) is 10.8 Å². The van der Waals surface area contributed by atoms with E-state index in [1.807, 2.05) is 83.8 Å². The highest BCUT2D eigenvalue weighted by Gasteiger charge is 2.45. The summed E-state index contributed by atoms with van der Waals surface area (Å²) in [7, 11) is -3.26. The molecule has 2 aliphatic rings. The van der Waals surface area contributed by atoms with Gasteiger partial charge in [0.15, 0.2) is 8.07 Å². The SMILES string of the molecule is [2H]C([2H])([2H])c1ccc2c(c1)N(c1ccc([Si](c3ccccc3)(c3ccccc3)c3ccccc3)cc1C([2H])([2H])[2H])c1cc(C([2H])([2H])[2H])cc3c1B2c1cc(C(C)(C)C)ccc1N3c1ccc(C(C)(C)C)cc1. The Morgan fingerprint density at radius 1 is 0.413 bits per heavy atom. The molecule has 0 N–H and O–H groups in total. The van der Waals surface area contributed by atoms with Gasteiger partial charge in [0.2, 0.25) is 0 Å². The number of anilines is 6. The third-order valence-electron chi connectivity index (χ3n) is 13.2. The molecule has 63 heavy (non-hydrogen) atoms. The molecule has 2 aliphatic heterocycles. The molecule has 2 heterocycles. The van der Waals surface area contributed by atoms with E-state index in [1.54, 1.807) is 24.3 Å². The van der Waals surface area contributed by atoms with Gasteiger partial charge in [-0.1, -0.05) is 181 Å². The minimum atomic E-state index is -3.26. The van der Waals surface area contributed by atoms with Gasteiger partial charge < -0.3 is 9.80 Å². The van der Waals surface area contributed by atoms with E-state index in [-0.39, 0.29) is 27.5 Å².